The lowest BCUT2D eigenvalue weighted by molar-refractivity contribution is 0.362. The average molecular weight is 275 g/mol. The maximum absolute atomic E-state index is 11.8. The van der Waals surface area contributed by atoms with Crippen LogP contribution in [-0.2, 0) is 10.0 Å². The van der Waals surface area contributed by atoms with E-state index in [9.17, 15) is 8.42 Å². The molecule has 0 spiro atoms. The molecule has 1 aliphatic heterocycles. The molecule has 17 heavy (non-hydrogen) atoms. The molecular weight excluding hydrogens is 260 g/mol. The average Bonchev–Trinajstić information content (AvgIpc) is 2.18. The monoisotopic (exact) mass is 274 g/mol. The molecule has 0 saturated carbocycles. The lowest BCUT2D eigenvalue weighted by Crippen LogP contribution is -2.44. The molecule has 0 aliphatic carbocycles. The first-order valence-corrected chi connectivity index (χ1v) is 7.58. The third kappa shape index (κ3) is 3.59. The fourth-order valence-electron chi connectivity index (χ4n) is 1.65. The van der Waals surface area contributed by atoms with Crippen molar-refractivity contribution in [2.75, 3.05) is 17.0 Å². The fraction of sp³-hybridized carbons (Fsp3) is 0.455. The van der Waals surface area contributed by atoms with Crippen LogP contribution >= 0.6 is 11.6 Å². The first-order chi connectivity index (χ1) is 8.07. The van der Waals surface area contributed by atoms with Gasteiger partial charge in [-0.1, -0.05) is 23.7 Å². The molecule has 0 bridgehead atoms. The predicted octanol–water partition coefficient (Wildman–Crippen LogP) is 1.83. The van der Waals surface area contributed by atoms with E-state index < -0.39 is 10.0 Å². The van der Waals surface area contributed by atoms with Gasteiger partial charge in [0.1, 0.15) is 0 Å². The highest BCUT2D eigenvalue weighted by Crippen LogP contribution is 2.22. The molecule has 1 aromatic rings. The van der Waals surface area contributed by atoms with Crippen LogP contribution in [0.2, 0.25) is 5.02 Å². The summed E-state index contributed by atoms with van der Waals surface area (Å²) in [6.45, 7) is 0.989. The summed E-state index contributed by atoms with van der Waals surface area (Å²) in [5, 5.41) is 3.59. The summed E-state index contributed by atoms with van der Waals surface area (Å²) in [6.07, 6.45) is 1.70. The number of nitrogens with one attached hydrogen (secondary N) is 2. The van der Waals surface area contributed by atoms with E-state index in [0.717, 1.165) is 13.0 Å². The molecule has 1 atom stereocenters. The van der Waals surface area contributed by atoms with Gasteiger partial charge in [0.2, 0.25) is 10.0 Å². The molecule has 1 aromatic carbocycles. The molecule has 1 unspecified atom stereocenters. The van der Waals surface area contributed by atoms with Crippen LogP contribution in [0.3, 0.4) is 0 Å². The molecule has 2 rings (SSSR count). The first-order valence-electron chi connectivity index (χ1n) is 5.55. The van der Waals surface area contributed by atoms with Crippen molar-refractivity contribution in [3.05, 3.63) is 29.3 Å². The van der Waals surface area contributed by atoms with Crippen LogP contribution in [0.15, 0.2) is 24.3 Å². The molecule has 0 amide bonds. The Morgan fingerprint density at radius 1 is 1.41 bits per heavy atom. The Kier molecular flexibility index (Phi) is 3.91. The quantitative estimate of drug-likeness (QED) is 0.861. The zero-order valence-corrected chi connectivity index (χ0v) is 10.9. The summed E-state index contributed by atoms with van der Waals surface area (Å²) < 4.78 is 26.1. The second-order valence-corrected chi connectivity index (χ2v) is 6.38. The van der Waals surface area contributed by atoms with Crippen molar-refractivity contribution in [3.8, 4) is 0 Å². The van der Waals surface area contributed by atoms with Gasteiger partial charge in [-0.25, -0.2) is 8.42 Å². The van der Waals surface area contributed by atoms with Crippen LogP contribution in [0.4, 0.5) is 5.69 Å². The zero-order valence-electron chi connectivity index (χ0n) is 9.32. The van der Waals surface area contributed by atoms with E-state index in [1.54, 1.807) is 24.3 Å². The normalized spacial score (nSPS) is 19.7. The number of halogens is 1. The fourth-order valence-corrected chi connectivity index (χ4v) is 3.10. The third-order valence-corrected chi connectivity index (χ3v) is 4.43. The summed E-state index contributed by atoms with van der Waals surface area (Å²) in [5.74, 6) is 0.121. The number of hydrogen-bond acceptors (Lipinski definition) is 3. The lowest BCUT2D eigenvalue weighted by Gasteiger charge is -2.27. The van der Waals surface area contributed by atoms with Crippen LogP contribution in [0, 0.1) is 0 Å². The van der Waals surface area contributed by atoms with Crippen LogP contribution < -0.4 is 10.0 Å². The third-order valence-electron chi connectivity index (χ3n) is 2.80. The second kappa shape index (κ2) is 5.25. The van der Waals surface area contributed by atoms with Crippen molar-refractivity contribution in [3.63, 3.8) is 0 Å². The molecule has 94 valence electrons. The summed E-state index contributed by atoms with van der Waals surface area (Å²) in [4.78, 5) is 0. The molecule has 1 fully saturated rings. The van der Waals surface area contributed by atoms with Gasteiger partial charge in [-0.15, -0.1) is 0 Å². The standard InChI is InChI=1S/C11H15ClN2O2S/c12-10-3-1-2-4-11(10)14-17(15,16)8-6-9-5-7-13-9/h1-4,9,13-14H,5-8H2. The maximum Gasteiger partial charge on any atom is 0.232 e. The van der Waals surface area contributed by atoms with Crippen molar-refractivity contribution in [1.29, 1.82) is 0 Å². The summed E-state index contributed by atoms with van der Waals surface area (Å²) in [6, 6.07) is 7.17. The Hall–Kier alpha value is -0.780. The first kappa shape index (κ1) is 12.7. The van der Waals surface area contributed by atoms with E-state index in [1.165, 1.54) is 0 Å². The van der Waals surface area contributed by atoms with Gasteiger partial charge < -0.3 is 5.32 Å². The van der Waals surface area contributed by atoms with Crippen molar-refractivity contribution in [2.45, 2.75) is 18.9 Å². The molecular formula is C11H15ClN2O2S. The highest BCUT2D eigenvalue weighted by atomic mass is 35.5. The molecule has 1 saturated heterocycles. The van der Waals surface area contributed by atoms with Crippen LogP contribution in [-0.4, -0.2) is 26.8 Å². The van der Waals surface area contributed by atoms with Gasteiger partial charge in [-0.3, -0.25) is 4.72 Å². The van der Waals surface area contributed by atoms with Crippen molar-refractivity contribution >= 4 is 27.3 Å². The molecule has 1 aliphatic rings. The minimum Gasteiger partial charge on any atom is -0.314 e. The molecule has 4 nitrogen and oxygen atoms in total. The van der Waals surface area contributed by atoms with Gasteiger partial charge in [0, 0.05) is 6.04 Å². The number of rotatable bonds is 5. The molecule has 6 heteroatoms. The number of anilines is 1. The van der Waals surface area contributed by atoms with Crippen molar-refractivity contribution in [2.24, 2.45) is 0 Å². The number of para-hydroxylation sites is 1. The van der Waals surface area contributed by atoms with Crippen molar-refractivity contribution < 1.29 is 8.42 Å². The molecule has 0 radical (unpaired) electrons. The smallest absolute Gasteiger partial charge is 0.232 e. The lowest BCUT2D eigenvalue weighted by atomic mass is 10.1. The van der Waals surface area contributed by atoms with E-state index in [1.807, 2.05) is 0 Å². The molecule has 2 N–H and O–H groups in total. The SMILES string of the molecule is O=S(=O)(CCC1CCN1)Nc1ccccc1Cl. The topological polar surface area (TPSA) is 58.2 Å². The van der Waals surface area contributed by atoms with Crippen molar-refractivity contribution in [1.82, 2.24) is 5.32 Å². The minimum atomic E-state index is -3.30. The van der Waals surface area contributed by atoms with E-state index in [4.69, 9.17) is 11.6 Å². The van der Waals surface area contributed by atoms with Gasteiger partial charge in [-0.05, 0) is 31.5 Å². The predicted molar refractivity (Wildman–Crippen MR) is 69.9 cm³/mol. The Labute approximate surface area is 106 Å². The minimum absolute atomic E-state index is 0.121. The van der Waals surface area contributed by atoms with Gasteiger partial charge >= 0.3 is 0 Å². The Morgan fingerprint density at radius 2 is 2.12 bits per heavy atom. The highest BCUT2D eigenvalue weighted by molar-refractivity contribution is 7.92. The van der Waals surface area contributed by atoms with Gasteiger partial charge in [0.15, 0.2) is 0 Å². The van der Waals surface area contributed by atoms with E-state index in [-0.39, 0.29) is 5.75 Å². The summed E-state index contributed by atoms with van der Waals surface area (Å²) in [7, 11) is -3.30. The van der Waals surface area contributed by atoms with E-state index in [2.05, 4.69) is 10.0 Å². The van der Waals surface area contributed by atoms with Crippen LogP contribution in [0.25, 0.3) is 0 Å². The number of sulfonamides is 1. The van der Waals surface area contributed by atoms with Gasteiger partial charge in [0.25, 0.3) is 0 Å². The number of hydrogen-bond donors (Lipinski definition) is 2. The Bertz CT molecular complexity index is 486. The summed E-state index contributed by atoms with van der Waals surface area (Å²) in [5.41, 5.74) is 0.440. The van der Waals surface area contributed by atoms with E-state index in [0.29, 0.717) is 23.2 Å². The van der Waals surface area contributed by atoms with Gasteiger partial charge in [-0.2, -0.15) is 0 Å². The van der Waals surface area contributed by atoms with Gasteiger partial charge in [0.05, 0.1) is 16.5 Å². The van der Waals surface area contributed by atoms with E-state index >= 15 is 0 Å². The largest absolute Gasteiger partial charge is 0.314 e. The highest BCUT2D eigenvalue weighted by Gasteiger charge is 2.20. The molecule has 1 heterocycles. The summed E-state index contributed by atoms with van der Waals surface area (Å²) >= 11 is 5.89. The van der Waals surface area contributed by atoms with Crippen LogP contribution in [0.1, 0.15) is 12.8 Å². The number of benzene rings is 1. The Morgan fingerprint density at radius 3 is 2.71 bits per heavy atom. The molecule has 0 aromatic heterocycles. The maximum atomic E-state index is 11.8. The second-order valence-electron chi connectivity index (χ2n) is 4.13. The zero-order chi connectivity index (χ0) is 12.3. The Balaban J connectivity index is 1.94. The van der Waals surface area contributed by atoms with Crippen LogP contribution in [0.5, 0.6) is 0 Å².